The number of fused-ring (bicyclic) bond motifs is 1. The number of nitrogens with one attached hydrogen (secondary N) is 1. The van der Waals surface area contributed by atoms with Crippen LogP contribution in [0.25, 0.3) is 10.9 Å². The number of aromatic amines is 1. The van der Waals surface area contributed by atoms with Crippen molar-refractivity contribution in [2.75, 3.05) is 5.88 Å². The molecule has 1 aromatic carbocycles. The molecule has 0 saturated heterocycles. The zero-order chi connectivity index (χ0) is 10.8. The minimum Gasteiger partial charge on any atom is -0.358 e. The average Bonchev–Trinajstić information content (AvgIpc) is 2.52. The fourth-order valence-corrected chi connectivity index (χ4v) is 2.07. The molecule has 2 rings (SSSR count). The van der Waals surface area contributed by atoms with Crippen molar-refractivity contribution in [1.82, 2.24) is 4.98 Å². The van der Waals surface area contributed by atoms with E-state index in [9.17, 15) is 0 Å². The zero-order valence-corrected chi connectivity index (χ0v) is 9.99. The van der Waals surface area contributed by atoms with Crippen molar-refractivity contribution in [2.45, 2.75) is 26.7 Å². The molecule has 0 aliphatic heterocycles. The number of halogens is 1. The molecule has 0 aliphatic rings. The number of hydrogen-bond acceptors (Lipinski definition) is 0. The van der Waals surface area contributed by atoms with Crippen LogP contribution in [0.15, 0.2) is 18.2 Å². The highest BCUT2D eigenvalue weighted by atomic mass is 35.5. The Hall–Kier alpha value is -0.950. The van der Waals surface area contributed by atoms with Gasteiger partial charge in [0.25, 0.3) is 0 Å². The van der Waals surface area contributed by atoms with Crippen LogP contribution in [0.1, 0.15) is 23.2 Å². The largest absolute Gasteiger partial charge is 0.358 e. The first-order valence-electron chi connectivity index (χ1n) is 5.36. The summed E-state index contributed by atoms with van der Waals surface area (Å²) >= 11 is 5.70. The molecule has 2 heteroatoms. The SMILES string of the molecule is Cc1[nH]c2ccc(CCCCl)cc2c1C. The average molecular weight is 222 g/mol. The molecule has 2 aromatic rings. The Balaban J connectivity index is 2.41. The fraction of sp³-hybridized carbons (Fsp3) is 0.385. The van der Waals surface area contributed by atoms with Crippen LogP contribution in [-0.4, -0.2) is 10.9 Å². The normalized spacial score (nSPS) is 11.1. The van der Waals surface area contributed by atoms with Gasteiger partial charge in [0.15, 0.2) is 0 Å². The minimum atomic E-state index is 0.739. The van der Waals surface area contributed by atoms with Gasteiger partial charge in [0.05, 0.1) is 0 Å². The lowest BCUT2D eigenvalue weighted by Gasteiger charge is -2.00. The number of rotatable bonds is 3. The third-order valence-electron chi connectivity index (χ3n) is 2.97. The molecule has 1 aromatic heterocycles. The summed E-state index contributed by atoms with van der Waals surface area (Å²) in [6.07, 6.45) is 2.12. The van der Waals surface area contributed by atoms with E-state index in [-0.39, 0.29) is 0 Å². The third kappa shape index (κ3) is 2.03. The van der Waals surface area contributed by atoms with Crippen LogP contribution in [0.4, 0.5) is 0 Å². The summed E-state index contributed by atoms with van der Waals surface area (Å²) in [5, 5.41) is 1.35. The molecule has 0 fully saturated rings. The van der Waals surface area contributed by atoms with E-state index in [1.165, 1.54) is 27.7 Å². The molecular weight excluding hydrogens is 206 g/mol. The van der Waals surface area contributed by atoms with Crippen molar-refractivity contribution in [3.05, 3.63) is 35.0 Å². The summed E-state index contributed by atoms with van der Waals surface area (Å²) < 4.78 is 0. The molecule has 0 spiro atoms. The van der Waals surface area contributed by atoms with E-state index in [1.807, 2.05) is 0 Å². The van der Waals surface area contributed by atoms with E-state index in [2.05, 4.69) is 37.0 Å². The maximum absolute atomic E-state index is 5.70. The van der Waals surface area contributed by atoms with Gasteiger partial charge < -0.3 is 4.98 Å². The number of aromatic nitrogens is 1. The number of alkyl halides is 1. The number of hydrogen-bond donors (Lipinski definition) is 1. The minimum absolute atomic E-state index is 0.739. The van der Waals surface area contributed by atoms with Crippen LogP contribution >= 0.6 is 11.6 Å². The first-order valence-corrected chi connectivity index (χ1v) is 5.89. The van der Waals surface area contributed by atoms with Crippen LogP contribution in [0, 0.1) is 13.8 Å². The molecule has 1 nitrogen and oxygen atoms in total. The van der Waals surface area contributed by atoms with E-state index in [1.54, 1.807) is 0 Å². The second-order valence-electron chi connectivity index (χ2n) is 4.05. The summed E-state index contributed by atoms with van der Waals surface area (Å²) in [7, 11) is 0. The molecule has 1 N–H and O–H groups in total. The Kier molecular flexibility index (Phi) is 3.01. The van der Waals surface area contributed by atoms with Crippen molar-refractivity contribution < 1.29 is 0 Å². The van der Waals surface area contributed by atoms with Gasteiger partial charge >= 0.3 is 0 Å². The molecule has 0 radical (unpaired) electrons. The standard InChI is InChI=1S/C13H16ClN/c1-9-10(2)15-13-6-5-11(4-3-7-14)8-12(9)13/h5-6,8,15H,3-4,7H2,1-2H3. The fourth-order valence-electron chi connectivity index (χ4n) is 1.93. The summed E-state index contributed by atoms with van der Waals surface area (Å²) in [6.45, 7) is 4.28. The van der Waals surface area contributed by atoms with Crippen molar-refractivity contribution in [1.29, 1.82) is 0 Å². The predicted molar refractivity (Wildman–Crippen MR) is 66.8 cm³/mol. The lowest BCUT2D eigenvalue weighted by molar-refractivity contribution is 0.930. The summed E-state index contributed by atoms with van der Waals surface area (Å²) in [5.74, 6) is 0.739. The third-order valence-corrected chi connectivity index (χ3v) is 3.24. The molecule has 0 aliphatic carbocycles. The van der Waals surface area contributed by atoms with Crippen molar-refractivity contribution in [3.63, 3.8) is 0 Å². The van der Waals surface area contributed by atoms with E-state index >= 15 is 0 Å². The Labute approximate surface area is 95.5 Å². The monoisotopic (exact) mass is 221 g/mol. The predicted octanol–water partition coefficient (Wildman–Crippen LogP) is 3.96. The van der Waals surface area contributed by atoms with Gasteiger partial charge in [0, 0.05) is 22.5 Å². The Bertz CT molecular complexity index is 471. The second-order valence-corrected chi connectivity index (χ2v) is 4.43. The molecule has 1 heterocycles. The Morgan fingerprint density at radius 1 is 1.27 bits per heavy atom. The van der Waals surface area contributed by atoms with Gasteiger partial charge in [-0.25, -0.2) is 0 Å². The van der Waals surface area contributed by atoms with Crippen LogP contribution in [-0.2, 0) is 6.42 Å². The number of H-pyrrole nitrogens is 1. The summed E-state index contributed by atoms with van der Waals surface area (Å²) in [4.78, 5) is 3.38. The van der Waals surface area contributed by atoms with Gasteiger partial charge in [0.2, 0.25) is 0 Å². The maximum Gasteiger partial charge on any atom is 0.0458 e. The smallest absolute Gasteiger partial charge is 0.0458 e. The van der Waals surface area contributed by atoms with Crippen LogP contribution < -0.4 is 0 Å². The van der Waals surface area contributed by atoms with Gasteiger partial charge in [-0.3, -0.25) is 0 Å². The highest BCUT2D eigenvalue weighted by Gasteiger charge is 2.04. The van der Waals surface area contributed by atoms with Crippen molar-refractivity contribution in [3.8, 4) is 0 Å². The highest BCUT2D eigenvalue weighted by Crippen LogP contribution is 2.22. The van der Waals surface area contributed by atoms with E-state index < -0.39 is 0 Å². The molecule has 0 atom stereocenters. The van der Waals surface area contributed by atoms with Gasteiger partial charge in [-0.1, -0.05) is 6.07 Å². The molecule has 0 bridgehead atoms. The number of aryl methyl sites for hydroxylation is 3. The number of benzene rings is 1. The van der Waals surface area contributed by atoms with E-state index in [4.69, 9.17) is 11.6 Å². The first kappa shape index (κ1) is 10.6. The van der Waals surface area contributed by atoms with E-state index in [0.29, 0.717) is 0 Å². The zero-order valence-electron chi connectivity index (χ0n) is 9.23. The lowest BCUT2D eigenvalue weighted by atomic mass is 10.1. The van der Waals surface area contributed by atoms with Crippen LogP contribution in [0.3, 0.4) is 0 Å². The van der Waals surface area contributed by atoms with Crippen LogP contribution in [0.5, 0.6) is 0 Å². The first-order chi connectivity index (χ1) is 7.22. The summed E-state index contributed by atoms with van der Waals surface area (Å²) in [6, 6.07) is 6.63. The van der Waals surface area contributed by atoms with Crippen LogP contribution in [0.2, 0.25) is 0 Å². The van der Waals surface area contributed by atoms with Gasteiger partial charge in [-0.15, -0.1) is 11.6 Å². The Morgan fingerprint density at radius 3 is 2.80 bits per heavy atom. The quantitative estimate of drug-likeness (QED) is 0.756. The molecule has 80 valence electrons. The summed E-state index contributed by atoms with van der Waals surface area (Å²) in [5.41, 5.74) is 5.24. The van der Waals surface area contributed by atoms with Gasteiger partial charge in [-0.05, 0) is 49.9 Å². The molecule has 15 heavy (non-hydrogen) atoms. The second kappa shape index (κ2) is 4.28. The maximum atomic E-state index is 5.70. The highest BCUT2D eigenvalue weighted by molar-refractivity contribution is 6.17. The molecule has 0 amide bonds. The topological polar surface area (TPSA) is 15.8 Å². The Morgan fingerprint density at radius 2 is 2.07 bits per heavy atom. The lowest BCUT2D eigenvalue weighted by Crippen LogP contribution is -1.85. The molecule has 0 unspecified atom stereocenters. The van der Waals surface area contributed by atoms with Crippen molar-refractivity contribution in [2.24, 2.45) is 0 Å². The van der Waals surface area contributed by atoms with Crippen molar-refractivity contribution >= 4 is 22.5 Å². The van der Waals surface area contributed by atoms with E-state index in [0.717, 1.165) is 18.7 Å². The molecule has 0 saturated carbocycles. The van der Waals surface area contributed by atoms with Gasteiger partial charge in [-0.2, -0.15) is 0 Å². The van der Waals surface area contributed by atoms with Gasteiger partial charge in [0.1, 0.15) is 0 Å². The molecular formula is C13H16ClN.